The predicted octanol–water partition coefficient (Wildman–Crippen LogP) is 8.21. The van der Waals surface area contributed by atoms with Crippen molar-refractivity contribution in [1.29, 1.82) is 0 Å². The van der Waals surface area contributed by atoms with Crippen LogP contribution in [0.5, 0.6) is 0 Å². The van der Waals surface area contributed by atoms with E-state index in [9.17, 15) is 9.59 Å². The fourth-order valence-electron chi connectivity index (χ4n) is 7.93. The number of methoxy groups -OCH3 is 2. The molecule has 0 saturated carbocycles. The summed E-state index contributed by atoms with van der Waals surface area (Å²) in [6.45, 7) is 10.5. The average molecular weight is 951 g/mol. The second-order valence-electron chi connectivity index (χ2n) is 16.4. The van der Waals surface area contributed by atoms with Crippen LogP contribution in [0.3, 0.4) is 0 Å². The van der Waals surface area contributed by atoms with Crippen LogP contribution in [-0.2, 0) is 51.1 Å². The zero-order valence-electron chi connectivity index (χ0n) is 39.5. The molecule has 362 valence electrons. The van der Waals surface area contributed by atoms with E-state index in [4.69, 9.17) is 28.4 Å². The Bertz CT molecular complexity index is 1990. The van der Waals surface area contributed by atoms with Gasteiger partial charge < -0.3 is 38.2 Å². The number of unbranched alkanes of at least 4 members (excludes halogenated alkanes) is 10. The average Bonchev–Trinajstić information content (AvgIpc) is 4.20. The van der Waals surface area contributed by atoms with E-state index >= 15 is 0 Å². The molecule has 6 heterocycles. The molecule has 0 N–H and O–H groups in total. The van der Waals surface area contributed by atoms with Gasteiger partial charge in [-0.2, -0.15) is 0 Å². The van der Waals surface area contributed by atoms with Gasteiger partial charge in [-0.15, -0.1) is 32.9 Å². The highest BCUT2D eigenvalue weighted by atomic mass is 32.1. The zero-order valence-corrected chi connectivity index (χ0v) is 41.1. The molecular formula is C48H70N8O8S2. The standard InChI is InChI=1S/C48H70N8O8S2/c1-5-7-9-11-13-15-21-53-35-37(49-51-53)39-17-19-41(65-39)45-43-44(48(58)55(45)23-25-61-31-33-63-29-27-59-3)46(56(47(43)57)24-26-62-32-34-64-30-28-60-4)42-20-18-40(66-42)38-36-54(52-50-38)22-16-14-12-10-8-6-2/h17-20,35-36H,5-16,21-34H2,1-4H3. The van der Waals surface area contributed by atoms with E-state index in [-0.39, 0.29) is 38.1 Å². The van der Waals surface area contributed by atoms with Crippen LogP contribution in [0.25, 0.3) is 32.5 Å². The summed E-state index contributed by atoms with van der Waals surface area (Å²) in [4.78, 5) is 36.7. The van der Waals surface area contributed by atoms with Crippen LogP contribution in [0.4, 0.5) is 0 Å². The maximum absolute atomic E-state index is 15.0. The van der Waals surface area contributed by atoms with E-state index in [1.54, 1.807) is 24.0 Å². The lowest BCUT2D eigenvalue weighted by Crippen LogP contribution is -2.33. The third kappa shape index (κ3) is 14.4. The van der Waals surface area contributed by atoms with E-state index in [1.165, 1.54) is 74.0 Å². The van der Waals surface area contributed by atoms with Crippen LogP contribution in [-0.4, -0.2) is 145 Å². The monoisotopic (exact) mass is 950 g/mol. The molecule has 2 aliphatic rings. The number of aryl methyl sites for hydroxylation is 2. The molecule has 66 heavy (non-hydrogen) atoms. The molecule has 0 fully saturated rings. The molecule has 0 unspecified atom stereocenters. The van der Waals surface area contributed by atoms with Crippen molar-refractivity contribution in [2.75, 3.05) is 93.4 Å². The van der Waals surface area contributed by atoms with E-state index < -0.39 is 0 Å². The van der Waals surface area contributed by atoms with Gasteiger partial charge in [0.25, 0.3) is 11.8 Å². The molecule has 2 amide bonds. The highest BCUT2D eigenvalue weighted by Crippen LogP contribution is 2.49. The molecule has 18 heteroatoms. The summed E-state index contributed by atoms with van der Waals surface area (Å²) in [5.74, 6) is -0.504. The highest BCUT2D eigenvalue weighted by Gasteiger charge is 2.49. The Hall–Kier alpha value is -4.14. The number of aromatic nitrogens is 6. The van der Waals surface area contributed by atoms with Gasteiger partial charge in [0.15, 0.2) is 0 Å². The molecular weight excluding hydrogens is 881 g/mol. The molecule has 4 aromatic heterocycles. The van der Waals surface area contributed by atoms with Gasteiger partial charge >= 0.3 is 0 Å². The largest absolute Gasteiger partial charge is 0.382 e. The number of nitrogens with zero attached hydrogens (tertiary/aromatic N) is 8. The maximum atomic E-state index is 15.0. The third-order valence-corrected chi connectivity index (χ3v) is 13.7. The van der Waals surface area contributed by atoms with Gasteiger partial charge in [-0.3, -0.25) is 19.0 Å². The molecule has 6 rings (SSSR count). The zero-order chi connectivity index (χ0) is 46.4. The minimum absolute atomic E-state index is 0.241. The second kappa shape index (κ2) is 28.3. The van der Waals surface area contributed by atoms with Gasteiger partial charge in [0.1, 0.15) is 11.4 Å². The van der Waals surface area contributed by atoms with E-state index in [0.717, 1.165) is 69.7 Å². The number of amides is 2. The first kappa shape index (κ1) is 51.3. The van der Waals surface area contributed by atoms with Crippen LogP contribution in [0.15, 0.2) is 47.8 Å². The summed E-state index contributed by atoms with van der Waals surface area (Å²) in [5.41, 5.74) is 3.39. The first-order valence-electron chi connectivity index (χ1n) is 23.9. The highest BCUT2D eigenvalue weighted by molar-refractivity contribution is 7.17. The van der Waals surface area contributed by atoms with Crippen molar-refractivity contribution in [3.8, 4) is 21.1 Å². The molecule has 16 nitrogen and oxygen atoms in total. The van der Waals surface area contributed by atoms with Crippen LogP contribution in [0.2, 0.25) is 0 Å². The van der Waals surface area contributed by atoms with Crippen molar-refractivity contribution in [2.45, 2.75) is 104 Å². The Morgan fingerprint density at radius 2 is 0.818 bits per heavy atom. The summed E-state index contributed by atoms with van der Waals surface area (Å²) >= 11 is 2.99. The number of thiophene rings is 2. The lowest BCUT2D eigenvalue weighted by atomic mass is 10.1. The van der Waals surface area contributed by atoms with Crippen LogP contribution >= 0.6 is 22.7 Å². The molecule has 0 aromatic carbocycles. The number of carbonyl (C=O) groups is 2. The van der Waals surface area contributed by atoms with Crippen molar-refractivity contribution in [3.05, 3.63) is 57.6 Å². The fourth-order valence-corrected chi connectivity index (χ4v) is 9.96. The van der Waals surface area contributed by atoms with Gasteiger partial charge in [0, 0.05) is 40.4 Å². The molecule has 0 saturated heterocycles. The Labute approximate surface area is 398 Å². The molecule has 0 bridgehead atoms. The summed E-state index contributed by atoms with van der Waals surface area (Å²) in [5, 5.41) is 17.9. The van der Waals surface area contributed by atoms with Gasteiger partial charge in [-0.25, -0.2) is 0 Å². The Balaban J connectivity index is 1.28. The van der Waals surface area contributed by atoms with E-state index in [1.807, 2.05) is 46.0 Å². The number of carbonyl (C=O) groups excluding carboxylic acids is 2. The predicted molar refractivity (Wildman–Crippen MR) is 258 cm³/mol. The van der Waals surface area contributed by atoms with Gasteiger partial charge in [-0.1, -0.05) is 88.5 Å². The van der Waals surface area contributed by atoms with Crippen molar-refractivity contribution in [3.63, 3.8) is 0 Å². The number of hydrogen-bond acceptors (Lipinski definition) is 14. The maximum Gasteiger partial charge on any atom is 0.261 e. The van der Waals surface area contributed by atoms with Crippen molar-refractivity contribution in [2.24, 2.45) is 0 Å². The Morgan fingerprint density at radius 1 is 0.455 bits per heavy atom. The minimum atomic E-state index is -0.252. The lowest BCUT2D eigenvalue weighted by molar-refractivity contribution is -0.124. The fraction of sp³-hybridized carbons (Fsp3) is 0.625. The molecule has 4 aromatic rings. The number of ether oxygens (including phenoxy) is 6. The van der Waals surface area contributed by atoms with Gasteiger partial charge in [0.05, 0.1) is 121 Å². The van der Waals surface area contributed by atoms with Crippen LogP contribution in [0.1, 0.15) is 101 Å². The number of hydrogen-bond donors (Lipinski definition) is 0. The first-order chi connectivity index (χ1) is 32.5. The van der Waals surface area contributed by atoms with Crippen molar-refractivity contribution in [1.82, 2.24) is 39.8 Å². The number of fused-ring (bicyclic) bond motifs is 1. The number of rotatable bonds is 36. The molecule has 0 atom stereocenters. The topological polar surface area (TPSA) is 157 Å². The quantitative estimate of drug-likeness (QED) is 0.0403. The summed E-state index contributed by atoms with van der Waals surface area (Å²) in [6, 6.07) is 7.94. The Morgan fingerprint density at radius 3 is 1.23 bits per heavy atom. The van der Waals surface area contributed by atoms with Crippen molar-refractivity contribution >= 4 is 45.9 Å². The molecule has 0 aliphatic carbocycles. The molecule has 2 aliphatic heterocycles. The summed E-state index contributed by atoms with van der Waals surface area (Å²) in [7, 11) is 3.27. The minimum Gasteiger partial charge on any atom is -0.382 e. The molecule has 0 radical (unpaired) electrons. The normalized spacial score (nSPS) is 14.1. The third-order valence-electron chi connectivity index (χ3n) is 11.5. The van der Waals surface area contributed by atoms with E-state index in [0.29, 0.717) is 75.4 Å². The van der Waals surface area contributed by atoms with Crippen molar-refractivity contribution < 1.29 is 38.0 Å². The van der Waals surface area contributed by atoms with E-state index in [2.05, 4.69) is 34.5 Å². The van der Waals surface area contributed by atoms with Gasteiger partial charge in [0.2, 0.25) is 0 Å². The van der Waals surface area contributed by atoms with Crippen LogP contribution in [0, 0.1) is 0 Å². The molecule has 0 spiro atoms. The summed E-state index contributed by atoms with van der Waals surface area (Å²) in [6.07, 6.45) is 18.4. The SMILES string of the molecule is CCCCCCCCn1cc(-c2ccc(C3=C4C(=O)N(CCOCCOCCOC)C(c5ccc(-c6cn(CCCCCCCC)nn6)s5)=C4C(=O)N3CCOCCOCCOC)s2)nn1. The first-order valence-corrected chi connectivity index (χ1v) is 25.5. The lowest BCUT2D eigenvalue weighted by Gasteiger charge is -2.24. The second-order valence-corrected chi connectivity index (χ2v) is 18.6. The van der Waals surface area contributed by atoms with Crippen LogP contribution < -0.4 is 0 Å². The Kier molecular flexibility index (Phi) is 21.9. The smallest absolute Gasteiger partial charge is 0.261 e. The summed E-state index contributed by atoms with van der Waals surface area (Å²) < 4.78 is 37.1. The van der Waals surface area contributed by atoms with Gasteiger partial charge in [-0.05, 0) is 37.1 Å².